The molecule has 0 atom stereocenters. The van der Waals surface area contributed by atoms with Crippen LogP contribution in [0.15, 0.2) is 18.2 Å². The number of benzene rings is 1. The van der Waals surface area contributed by atoms with Crippen LogP contribution in [0.25, 0.3) is 0 Å². The van der Waals surface area contributed by atoms with Crippen LogP contribution >= 0.6 is 0 Å². The van der Waals surface area contributed by atoms with Gasteiger partial charge in [-0.15, -0.1) is 0 Å². The first kappa shape index (κ1) is 13.4. The first-order valence-electron chi connectivity index (χ1n) is 5.92. The Morgan fingerprint density at radius 2 is 2.21 bits per heavy atom. The van der Waals surface area contributed by atoms with Gasteiger partial charge in [-0.2, -0.15) is 4.39 Å². The van der Waals surface area contributed by atoms with Gasteiger partial charge in [0.15, 0.2) is 0 Å². The smallest absolute Gasteiger partial charge is 0.306 e. The van der Waals surface area contributed by atoms with E-state index < -0.39 is 22.0 Å². The number of amides is 1. The standard InChI is InChI=1S/C12H14FN3O3/c13-9-3-2-8(6-10(9)16(18)19)15-11(17)7-12(14)4-1-5-12/h2-3,6H,1,4-5,7,14H2,(H,15,17). The zero-order valence-corrected chi connectivity index (χ0v) is 10.2. The van der Waals surface area contributed by atoms with E-state index in [0.29, 0.717) is 0 Å². The van der Waals surface area contributed by atoms with Gasteiger partial charge in [0.1, 0.15) is 0 Å². The SMILES string of the molecule is NC1(CC(=O)Nc2ccc(F)c([N+](=O)[O-])c2)CCC1. The minimum Gasteiger partial charge on any atom is -0.326 e. The number of anilines is 1. The molecule has 1 aromatic carbocycles. The van der Waals surface area contributed by atoms with Gasteiger partial charge < -0.3 is 11.1 Å². The first-order chi connectivity index (χ1) is 8.89. The lowest BCUT2D eigenvalue weighted by molar-refractivity contribution is -0.387. The van der Waals surface area contributed by atoms with Gasteiger partial charge in [-0.3, -0.25) is 14.9 Å². The van der Waals surface area contributed by atoms with Crippen molar-refractivity contribution in [2.24, 2.45) is 5.73 Å². The Balaban J connectivity index is 2.04. The molecule has 1 saturated carbocycles. The summed E-state index contributed by atoms with van der Waals surface area (Å²) in [6, 6.07) is 3.23. The minimum atomic E-state index is -0.933. The quantitative estimate of drug-likeness (QED) is 0.643. The summed E-state index contributed by atoms with van der Waals surface area (Å²) in [5.41, 5.74) is 5.00. The summed E-state index contributed by atoms with van der Waals surface area (Å²) in [6.07, 6.45) is 2.76. The van der Waals surface area contributed by atoms with E-state index in [1.54, 1.807) is 0 Å². The number of carbonyl (C=O) groups is 1. The van der Waals surface area contributed by atoms with Crippen LogP contribution in [0.4, 0.5) is 15.8 Å². The van der Waals surface area contributed by atoms with E-state index in [1.807, 2.05) is 0 Å². The summed E-state index contributed by atoms with van der Waals surface area (Å²) in [5, 5.41) is 13.1. The highest BCUT2D eigenvalue weighted by Gasteiger charge is 2.34. The average molecular weight is 267 g/mol. The molecule has 2 rings (SSSR count). The molecule has 6 nitrogen and oxygen atoms in total. The molecule has 1 aliphatic carbocycles. The van der Waals surface area contributed by atoms with Crippen LogP contribution in [-0.2, 0) is 4.79 Å². The summed E-state index contributed by atoms with van der Waals surface area (Å²) in [5.74, 6) is -1.25. The van der Waals surface area contributed by atoms with Crippen molar-refractivity contribution in [3.63, 3.8) is 0 Å². The second kappa shape index (κ2) is 4.93. The molecule has 0 saturated heterocycles. The highest BCUT2D eigenvalue weighted by Crippen LogP contribution is 2.32. The van der Waals surface area contributed by atoms with Gasteiger partial charge in [0.2, 0.25) is 11.7 Å². The Bertz CT molecular complexity index is 529. The van der Waals surface area contributed by atoms with Crippen LogP contribution < -0.4 is 11.1 Å². The Morgan fingerprint density at radius 3 is 2.74 bits per heavy atom. The molecular formula is C12H14FN3O3. The van der Waals surface area contributed by atoms with Crippen LogP contribution in [0.5, 0.6) is 0 Å². The van der Waals surface area contributed by atoms with Gasteiger partial charge >= 0.3 is 5.69 Å². The van der Waals surface area contributed by atoms with Gasteiger partial charge in [-0.05, 0) is 31.4 Å². The van der Waals surface area contributed by atoms with E-state index in [0.717, 1.165) is 31.4 Å². The largest absolute Gasteiger partial charge is 0.326 e. The molecule has 0 radical (unpaired) electrons. The van der Waals surface area contributed by atoms with Gasteiger partial charge in [0.05, 0.1) is 4.92 Å². The van der Waals surface area contributed by atoms with E-state index in [4.69, 9.17) is 5.73 Å². The lowest BCUT2D eigenvalue weighted by Gasteiger charge is -2.37. The summed E-state index contributed by atoms with van der Waals surface area (Å²) < 4.78 is 13.1. The van der Waals surface area contributed by atoms with E-state index in [9.17, 15) is 19.3 Å². The number of nitro groups is 1. The number of nitro benzene ring substituents is 1. The number of nitrogens with one attached hydrogen (secondary N) is 1. The second-order valence-electron chi connectivity index (χ2n) is 4.86. The Labute approximate surface area is 108 Å². The lowest BCUT2D eigenvalue weighted by Crippen LogP contribution is -2.48. The van der Waals surface area contributed by atoms with Crippen molar-refractivity contribution in [2.75, 3.05) is 5.32 Å². The monoisotopic (exact) mass is 267 g/mol. The van der Waals surface area contributed by atoms with Crippen molar-refractivity contribution >= 4 is 17.3 Å². The van der Waals surface area contributed by atoms with E-state index in [1.165, 1.54) is 6.07 Å². The van der Waals surface area contributed by atoms with Crippen molar-refractivity contribution in [2.45, 2.75) is 31.2 Å². The molecule has 0 spiro atoms. The molecule has 0 aliphatic heterocycles. The topological polar surface area (TPSA) is 98.3 Å². The molecule has 102 valence electrons. The van der Waals surface area contributed by atoms with Gasteiger partial charge in [0, 0.05) is 23.7 Å². The van der Waals surface area contributed by atoms with Crippen LogP contribution in [0.3, 0.4) is 0 Å². The van der Waals surface area contributed by atoms with Crippen molar-refractivity contribution in [3.05, 3.63) is 34.1 Å². The van der Waals surface area contributed by atoms with Crippen molar-refractivity contribution in [1.29, 1.82) is 0 Å². The normalized spacial score (nSPS) is 16.5. The number of nitrogens with two attached hydrogens (primary N) is 1. The Kier molecular flexibility index (Phi) is 3.48. The fourth-order valence-corrected chi connectivity index (χ4v) is 2.06. The molecule has 1 aliphatic rings. The van der Waals surface area contributed by atoms with E-state index in [2.05, 4.69) is 5.32 Å². The first-order valence-corrected chi connectivity index (χ1v) is 5.92. The van der Waals surface area contributed by atoms with Crippen molar-refractivity contribution in [3.8, 4) is 0 Å². The molecule has 3 N–H and O–H groups in total. The predicted molar refractivity (Wildman–Crippen MR) is 67.1 cm³/mol. The van der Waals surface area contributed by atoms with Crippen molar-refractivity contribution in [1.82, 2.24) is 0 Å². The predicted octanol–water partition coefficient (Wildman–Crippen LogP) is 1.94. The number of hydrogen-bond acceptors (Lipinski definition) is 4. The Hall–Kier alpha value is -2.02. The van der Waals surface area contributed by atoms with E-state index in [-0.39, 0.29) is 18.0 Å². The minimum absolute atomic E-state index is 0.165. The summed E-state index contributed by atoms with van der Waals surface area (Å²) in [7, 11) is 0. The molecule has 0 aromatic heterocycles. The Morgan fingerprint density at radius 1 is 1.53 bits per heavy atom. The van der Waals surface area contributed by atoms with Crippen LogP contribution in [-0.4, -0.2) is 16.4 Å². The number of nitrogens with zero attached hydrogens (tertiary/aromatic N) is 1. The fraction of sp³-hybridized carbons (Fsp3) is 0.417. The van der Waals surface area contributed by atoms with Gasteiger partial charge in [0.25, 0.3) is 0 Å². The summed E-state index contributed by atoms with van der Waals surface area (Å²) in [4.78, 5) is 21.5. The van der Waals surface area contributed by atoms with E-state index >= 15 is 0 Å². The van der Waals surface area contributed by atoms with Crippen LogP contribution in [0.1, 0.15) is 25.7 Å². The molecule has 1 amide bonds. The number of carbonyl (C=O) groups excluding carboxylic acids is 1. The van der Waals surface area contributed by atoms with Crippen LogP contribution in [0, 0.1) is 15.9 Å². The molecule has 0 bridgehead atoms. The molecule has 7 heteroatoms. The number of rotatable bonds is 4. The highest BCUT2D eigenvalue weighted by atomic mass is 19.1. The summed E-state index contributed by atoms with van der Waals surface area (Å²) >= 11 is 0. The third-order valence-electron chi connectivity index (χ3n) is 3.29. The second-order valence-corrected chi connectivity index (χ2v) is 4.86. The maximum atomic E-state index is 13.1. The average Bonchev–Trinajstić information content (AvgIpc) is 2.29. The van der Waals surface area contributed by atoms with Gasteiger partial charge in [-0.25, -0.2) is 0 Å². The molecular weight excluding hydrogens is 253 g/mol. The maximum absolute atomic E-state index is 13.1. The maximum Gasteiger partial charge on any atom is 0.306 e. The lowest BCUT2D eigenvalue weighted by atomic mass is 9.75. The summed E-state index contributed by atoms with van der Waals surface area (Å²) in [6.45, 7) is 0. The molecule has 1 fully saturated rings. The molecule has 1 aromatic rings. The number of halogens is 1. The third kappa shape index (κ3) is 3.05. The number of hydrogen-bond donors (Lipinski definition) is 2. The molecule has 0 heterocycles. The molecule has 19 heavy (non-hydrogen) atoms. The highest BCUT2D eigenvalue weighted by molar-refractivity contribution is 5.91. The van der Waals surface area contributed by atoms with Gasteiger partial charge in [-0.1, -0.05) is 0 Å². The van der Waals surface area contributed by atoms with Crippen LogP contribution in [0.2, 0.25) is 0 Å². The zero-order valence-electron chi connectivity index (χ0n) is 10.2. The fourth-order valence-electron chi connectivity index (χ4n) is 2.06. The molecule has 0 unspecified atom stereocenters. The third-order valence-corrected chi connectivity index (χ3v) is 3.29. The zero-order chi connectivity index (χ0) is 14.0. The van der Waals surface area contributed by atoms with Crippen molar-refractivity contribution < 1.29 is 14.1 Å².